The Morgan fingerprint density at radius 1 is 1.31 bits per heavy atom. The monoisotopic (exact) mass is 371 g/mol. The Bertz CT molecular complexity index is 672. The van der Waals surface area contributed by atoms with Gasteiger partial charge in [-0.25, -0.2) is 0 Å². The van der Waals surface area contributed by atoms with Crippen LogP contribution in [0.15, 0.2) is 18.2 Å². The van der Waals surface area contributed by atoms with Crippen LogP contribution >= 0.6 is 0 Å². The Morgan fingerprint density at radius 2 is 1.96 bits per heavy atom. The summed E-state index contributed by atoms with van der Waals surface area (Å²) in [5.74, 6) is -1.11. The second-order valence-corrected chi connectivity index (χ2v) is 6.53. The number of benzene rings is 1. The maximum Gasteiger partial charge on any atom is 0.416 e. The number of nitrogens with zero attached hydrogens (tertiary/aromatic N) is 1. The average Bonchev–Trinajstić information content (AvgIpc) is 2.97. The number of anilines is 1. The Morgan fingerprint density at radius 3 is 2.50 bits per heavy atom. The van der Waals surface area contributed by atoms with E-state index >= 15 is 0 Å². The molecule has 5 nitrogen and oxygen atoms in total. The average molecular weight is 371 g/mol. The molecule has 1 aromatic carbocycles. The summed E-state index contributed by atoms with van der Waals surface area (Å²) >= 11 is 0. The molecule has 8 heteroatoms. The van der Waals surface area contributed by atoms with Gasteiger partial charge in [-0.3, -0.25) is 9.59 Å². The van der Waals surface area contributed by atoms with Crippen molar-refractivity contribution in [3.05, 3.63) is 29.3 Å². The number of alkyl halides is 3. The van der Waals surface area contributed by atoms with Crippen LogP contribution in [0.5, 0.6) is 0 Å². The fourth-order valence-electron chi connectivity index (χ4n) is 3.28. The number of rotatable bonds is 6. The fraction of sp³-hybridized carbons (Fsp3) is 0.556. The number of nitrogens with one attached hydrogen (secondary N) is 1. The van der Waals surface area contributed by atoms with Crippen molar-refractivity contribution >= 4 is 17.5 Å². The van der Waals surface area contributed by atoms with Crippen LogP contribution < -0.4 is 11.1 Å². The molecule has 144 valence electrons. The fourth-order valence-corrected chi connectivity index (χ4v) is 3.28. The van der Waals surface area contributed by atoms with Gasteiger partial charge < -0.3 is 16.0 Å². The largest absolute Gasteiger partial charge is 0.416 e. The van der Waals surface area contributed by atoms with Crippen LogP contribution in [0.2, 0.25) is 0 Å². The van der Waals surface area contributed by atoms with E-state index in [2.05, 4.69) is 5.32 Å². The number of halogens is 3. The predicted molar refractivity (Wildman–Crippen MR) is 92.2 cm³/mol. The van der Waals surface area contributed by atoms with E-state index in [1.165, 1.54) is 6.07 Å². The predicted octanol–water partition coefficient (Wildman–Crippen LogP) is 3.14. The van der Waals surface area contributed by atoms with Crippen molar-refractivity contribution < 1.29 is 22.8 Å². The van der Waals surface area contributed by atoms with Gasteiger partial charge in [0.25, 0.3) is 0 Å². The molecule has 0 aliphatic carbocycles. The molecule has 26 heavy (non-hydrogen) atoms. The van der Waals surface area contributed by atoms with Gasteiger partial charge in [0.15, 0.2) is 0 Å². The van der Waals surface area contributed by atoms with E-state index in [0.29, 0.717) is 6.54 Å². The van der Waals surface area contributed by atoms with Gasteiger partial charge in [-0.1, -0.05) is 13.8 Å². The lowest BCUT2D eigenvalue weighted by molar-refractivity contribution is -0.137. The van der Waals surface area contributed by atoms with Crippen molar-refractivity contribution in [1.29, 1.82) is 0 Å². The summed E-state index contributed by atoms with van der Waals surface area (Å²) in [5.41, 5.74) is 4.90. The lowest BCUT2D eigenvalue weighted by Crippen LogP contribution is -2.36. The Balaban J connectivity index is 2.14. The molecule has 0 spiro atoms. The first kappa shape index (κ1) is 20.2. The van der Waals surface area contributed by atoms with Crippen molar-refractivity contribution in [2.75, 3.05) is 11.9 Å². The summed E-state index contributed by atoms with van der Waals surface area (Å²) in [4.78, 5) is 26.3. The lowest BCUT2D eigenvalue weighted by Gasteiger charge is -2.26. The molecule has 1 atom stereocenters. The van der Waals surface area contributed by atoms with E-state index in [0.717, 1.165) is 25.0 Å². The van der Waals surface area contributed by atoms with Gasteiger partial charge in [-0.05, 0) is 36.6 Å². The number of nitrogens with two attached hydrogens (primary N) is 1. The SMILES string of the molecule is CCC(CC)N1CC(C(=O)Nc2cc(CN)cc(C(F)(F)F)c2)CC1=O. The smallest absolute Gasteiger partial charge is 0.339 e. The van der Waals surface area contributed by atoms with Crippen molar-refractivity contribution in [1.82, 2.24) is 4.90 Å². The molecule has 2 rings (SSSR count). The van der Waals surface area contributed by atoms with Gasteiger partial charge in [0.2, 0.25) is 11.8 Å². The molecule has 1 unspecified atom stereocenters. The highest BCUT2D eigenvalue weighted by atomic mass is 19.4. The van der Waals surface area contributed by atoms with Crippen LogP contribution in [-0.2, 0) is 22.3 Å². The Hall–Kier alpha value is -2.09. The van der Waals surface area contributed by atoms with Gasteiger partial charge in [0, 0.05) is 31.2 Å². The van der Waals surface area contributed by atoms with Gasteiger partial charge in [0.1, 0.15) is 0 Å². The van der Waals surface area contributed by atoms with Gasteiger partial charge in [-0.2, -0.15) is 13.2 Å². The molecular weight excluding hydrogens is 347 g/mol. The van der Waals surface area contributed by atoms with E-state index in [4.69, 9.17) is 5.73 Å². The van der Waals surface area contributed by atoms with Crippen LogP contribution in [-0.4, -0.2) is 29.3 Å². The maximum atomic E-state index is 13.0. The van der Waals surface area contributed by atoms with Gasteiger partial charge in [0.05, 0.1) is 11.5 Å². The molecule has 1 heterocycles. The maximum absolute atomic E-state index is 13.0. The second kappa shape index (κ2) is 8.07. The highest BCUT2D eigenvalue weighted by molar-refractivity contribution is 5.97. The molecular formula is C18H24F3N3O2. The standard InChI is InChI=1S/C18H24F3N3O2/c1-3-15(4-2)24-10-12(7-16(24)25)17(26)23-14-6-11(9-22)5-13(8-14)18(19,20)21/h5-6,8,12,15H,3-4,7,9-10,22H2,1-2H3,(H,23,26). The van der Waals surface area contributed by atoms with Crippen LogP contribution in [0.1, 0.15) is 44.2 Å². The summed E-state index contributed by atoms with van der Waals surface area (Å²) in [6.45, 7) is 4.18. The lowest BCUT2D eigenvalue weighted by atomic mass is 10.1. The number of likely N-dealkylation sites (tertiary alicyclic amines) is 1. The Labute approximate surface area is 150 Å². The molecule has 2 amide bonds. The number of amides is 2. The summed E-state index contributed by atoms with van der Waals surface area (Å²) in [7, 11) is 0. The molecule has 1 aliphatic rings. The first-order valence-electron chi connectivity index (χ1n) is 8.71. The third-order valence-corrected chi connectivity index (χ3v) is 4.74. The molecule has 1 aliphatic heterocycles. The first-order valence-corrected chi connectivity index (χ1v) is 8.71. The third-order valence-electron chi connectivity index (χ3n) is 4.74. The number of carbonyl (C=O) groups is 2. The molecule has 0 aromatic heterocycles. The zero-order valence-corrected chi connectivity index (χ0v) is 14.9. The molecule has 0 radical (unpaired) electrons. The van der Waals surface area contributed by atoms with Crippen LogP contribution in [0.4, 0.5) is 18.9 Å². The van der Waals surface area contributed by atoms with Crippen molar-refractivity contribution in [2.45, 2.75) is 51.9 Å². The van der Waals surface area contributed by atoms with E-state index in [1.807, 2.05) is 13.8 Å². The second-order valence-electron chi connectivity index (χ2n) is 6.53. The summed E-state index contributed by atoms with van der Waals surface area (Å²) in [5, 5.41) is 2.51. The highest BCUT2D eigenvalue weighted by Gasteiger charge is 2.37. The Kier molecular flexibility index (Phi) is 6.28. The minimum absolute atomic E-state index is 0.0405. The van der Waals surface area contributed by atoms with Gasteiger partial charge >= 0.3 is 6.18 Å². The summed E-state index contributed by atoms with van der Waals surface area (Å²) in [6.07, 6.45) is -2.86. The highest BCUT2D eigenvalue weighted by Crippen LogP contribution is 2.32. The van der Waals surface area contributed by atoms with Crippen molar-refractivity contribution in [3.8, 4) is 0 Å². The van der Waals surface area contributed by atoms with E-state index < -0.39 is 23.6 Å². The van der Waals surface area contributed by atoms with Crippen LogP contribution in [0, 0.1) is 5.92 Å². The summed E-state index contributed by atoms with van der Waals surface area (Å²) < 4.78 is 39.0. The van der Waals surface area contributed by atoms with Crippen LogP contribution in [0.25, 0.3) is 0 Å². The summed E-state index contributed by atoms with van der Waals surface area (Å²) in [6, 6.07) is 3.34. The molecule has 0 saturated carbocycles. The quantitative estimate of drug-likeness (QED) is 0.807. The van der Waals surface area contributed by atoms with Crippen molar-refractivity contribution in [2.24, 2.45) is 11.7 Å². The molecule has 1 fully saturated rings. The third kappa shape index (κ3) is 4.55. The zero-order valence-electron chi connectivity index (χ0n) is 14.9. The van der Waals surface area contributed by atoms with Gasteiger partial charge in [-0.15, -0.1) is 0 Å². The zero-order chi connectivity index (χ0) is 19.5. The molecule has 1 aromatic rings. The number of hydrogen-bond donors (Lipinski definition) is 2. The topological polar surface area (TPSA) is 75.4 Å². The number of hydrogen-bond acceptors (Lipinski definition) is 3. The van der Waals surface area contributed by atoms with E-state index in [1.54, 1.807) is 4.90 Å². The number of carbonyl (C=O) groups excluding carboxylic acids is 2. The first-order chi connectivity index (χ1) is 12.2. The minimum atomic E-state index is -4.53. The molecule has 1 saturated heterocycles. The van der Waals surface area contributed by atoms with Crippen LogP contribution in [0.3, 0.4) is 0 Å². The van der Waals surface area contributed by atoms with E-state index in [-0.39, 0.29) is 36.2 Å². The normalized spacial score (nSPS) is 17.9. The molecule has 3 N–H and O–H groups in total. The molecule has 0 bridgehead atoms. The minimum Gasteiger partial charge on any atom is -0.339 e. The van der Waals surface area contributed by atoms with Crippen molar-refractivity contribution in [3.63, 3.8) is 0 Å². The van der Waals surface area contributed by atoms with E-state index in [9.17, 15) is 22.8 Å².